The number of hydroxylamine groups is 1. The van der Waals surface area contributed by atoms with E-state index in [1.54, 1.807) is 0 Å². The van der Waals surface area contributed by atoms with E-state index in [9.17, 15) is 9.60 Å². The fraction of sp³-hybridized carbons (Fsp3) is 0. The summed E-state index contributed by atoms with van der Waals surface area (Å²) in [6.45, 7) is 0. The molecule has 0 atom stereocenters. The normalized spacial score (nSPS) is 10.2. The van der Waals surface area contributed by atoms with Crippen molar-refractivity contribution >= 4 is 17.3 Å². The Morgan fingerprint density at radius 3 is 2.88 bits per heavy atom. The van der Waals surface area contributed by atoms with Crippen LogP contribution in [0.2, 0.25) is 0 Å². The smallest absolute Gasteiger partial charge is 0.248 e. The highest BCUT2D eigenvalue weighted by molar-refractivity contribution is 5.92. The molecule has 1 aromatic heterocycles. The van der Waals surface area contributed by atoms with Gasteiger partial charge in [-0.05, 0) is 12.1 Å². The second-order valence-corrected chi connectivity index (χ2v) is 3.33. The largest absolute Gasteiger partial charge is 0.396 e. The van der Waals surface area contributed by atoms with Gasteiger partial charge >= 0.3 is 0 Å². The van der Waals surface area contributed by atoms with E-state index in [1.165, 1.54) is 30.6 Å². The van der Waals surface area contributed by atoms with Gasteiger partial charge in [0.25, 0.3) is 0 Å². The van der Waals surface area contributed by atoms with Gasteiger partial charge < -0.3 is 5.73 Å². The van der Waals surface area contributed by atoms with Crippen molar-refractivity contribution in [3.8, 4) is 0 Å². The number of nitrogen functional groups attached to an aromatic ring is 1. The van der Waals surface area contributed by atoms with E-state index in [4.69, 9.17) is 11.1 Å². The molecule has 88 valence electrons. The van der Waals surface area contributed by atoms with Gasteiger partial charge in [0.15, 0.2) is 0 Å². The van der Waals surface area contributed by atoms with Crippen molar-refractivity contribution in [2.24, 2.45) is 0 Å². The van der Waals surface area contributed by atoms with Crippen molar-refractivity contribution < 1.29 is 9.60 Å². The molecule has 17 heavy (non-hydrogen) atoms. The lowest BCUT2D eigenvalue weighted by Gasteiger charge is -2.16. The number of anilines is 2. The third-order valence-electron chi connectivity index (χ3n) is 2.07. The second-order valence-electron chi connectivity index (χ2n) is 3.33. The summed E-state index contributed by atoms with van der Waals surface area (Å²) in [7, 11) is 0. The zero-order valence-electron chi connectivity index (χ0n) is 8.71. The molecule has 0 bridgehead atoms. The SMILES string of the molecule is N=C(N(O)c1cccc(F)c1)n1cc(N)cn1. The van der Waals surface area contributed by atoms with Gasteiger partial charge in [-0.2, -0.15) is 10.2 Å². The number of hydrogen-bond donors (Lipinski definition) is 3. The quantitative estimate of drug-likeness (QED) is 0.394. The van der Waals surface area contributed by atoms with Crippen molar-refractivity contribution in [1.29, 1.82) is 5.41 Å². The molecule has 4 N–H and O–H groups in total. The van der Waals surface area contributed by atoms with Crippen molar-refractivity contribution in [3.05, 3.63) is 42.5 Å². The second kappa shape index (κ2) is 4.22. The lowest BCUT2D eigenvalue weighted by Crippen LogP contribution is -2.32. The predicted octanol–water partition coefficient (Wildman–Crippen LogP) is 1.28. The lowest BCUT2D eigenvalue weighted by molar-refractivity contribution is 0.305. The highest BCUT2D eigenvalue weighted by Crippen LogP contribution is 2.14. The molecule has 0 radical (unpaired) electrons. The number of aromatic nitrogens is 2. The average Bonchev–Trinajstić information content (AvgIpc) is 2.74. The zero-order chi connectivity index (χ0) is 12.4. The Labute approximate surface area is 96.2 Å². The maximum atomic E-state index is 12.9. The van der Waals surface area contributed by atoms with Crippen LogP contribution in [0.1, 0.15) is 0 Å². The number of hydrogen-bond acceptors (Lipinski definition) is 4. The summed E-state index contributed by atoms with van der Waals surface area (Å²) >= 11 is 0. The Hall–Kier alpha value is -2.41. The average molecular weight is 235 g/mol. The number of halogens is 1. The molecule has 0 spiro atoms. The first-order valence-electron chi connectivity index (χ1n) is 4.71. The number of nitrogens with one attached hydrogen (secondary N) is 1. The Bertz CT molecular complexity index is 553. The van der Waals surface area contributed by atoms with E-state index >= 15 is 0 Å². The minimum absolute atomic E-state index is 0.129. The fourth-order valence-electron chi connectivity index (χ4n) is 1.28. The number of nitrogens with two attached hydrogens (primary N) is 1. The zero-order valence-corrected chi connectivity index (χ0v) is 8.71. The minimum atomic E-state index is -0.505. The molecular formula is C10H10FN5O. The van der Waals surface area contributed by atoms with Gasteiger partial charge in [0.1, 0.15) is 5.82 Å². The van der Waals surface area contributed by atoms with E-state index < -0.39 is 5.82 Å². The van der Waals surface area contributed by atoms with Crippen LogP contribution < -0.4 is 10.8 Å². The van der Waals surface area contributed by atoms with E-state index in [0.717, 1.165) is 10.7 Å². The molecule has 0 amide bonds. The first-order chi connectivity index (χ1) is 8.08. The van der Waals surface area contributed by atoms with Crippen LogP contribution in [0, 0.1) is 11.2 Å². The Morgan fingerprint density at radius 1 is 1.53 bits per heavy atom. The Kier molecular flexibility index (Phi) is 2.75. The molecule has 6 nitrogen and oxygen atoms in total. The topological polar surface area (TPSA) is 91.2 Å². The maximum Gasteiger partial charge on any atom is 0.248 e. The van der Waals surface area contributed by atoms with Crippen LogP contribution in [-0.2, 0) is 0 Å². The minimum Gasteiger partial charge on any atom is -0.396 e. The molecular weight excluding hydrogens is 225 g/mol. The van der Waals surface area contributed by atoms with Gasteiger partial charge in [-0.1, -0.05) is 6.07 Å². The lowest BCUT2D eigenvalue weighted by atomic mass is 10.3. The van der Waals surface area contributed by atoms with E-state index in [-0.39, 0.29) is 11.6 Å². The molecule has 0 unspecified atom stereocenters. The van der Waals surface area contributed by atoms with Crippen LogP contribution in [0.3, 0.4) is 0 Å². The molecule has 0 fully saturated rings. The van der Waals surface area contributed by atoms with Crippen LogP contribution >= 0.6 is 0 Å². The summed E-state index contributed by atoms with van der Waals surface area (Å²) in [5.41, 5.74) is 5.93. The van der Waals surface area contributed by atoms with Gasteiger partial charge in [0, 0.05) is 6.07 Å². The van der Waals surface area contributed by atoms with E-state index in [2.05, 4.69) is 5.10 Å². The molecule has 7 heteroatoms. The van der Waals surface area contributed by atoms with Crippen molar-refractivity contribution in [1.82, 2.24) is 9.78 Å². The first-order valence-corrected chi connectivity index (χ1v) is 4.71. The molecule has 0 saturated heterocycles. The van der Waals surface area contributed by atoms with Crippen LogP contribution in [0.4, 0.5) is 15.8 Å². The molecule has 0 aliphatic carbocycles. The molecule has 1 aromatic carbocycles. The third-order valence-corrected chi connectivity index (χ3v) is 2.07. The number of nitrogens with zero attached hydrogens (tertiary/aromatic N) is 3. The van der Waals surface area contributed by atoms with Crippen LogP contribution in [0.25, 0.3) is 0 Å². The van der Waals surface area contributed by atoms with Crippen molar-refractivity contribution in [2.75, 3.05) is 10.8 Å². The molecule has 2 rings (SSSR count). The first kappa shape index (κ1) is 11.1. The van der Waals surface area contributed by atoms with Crippen molar-refractivity contribution in [2.45, 2.75) is 0 Å². The molecule has 0 aliphatic rings. The summed E-state index contributed by atoms with van der Waals surface area (Å²) in [6, 6.07) is 5.23. The number of benzene rings is 1. The fourth-order valence-corrected chi connectivity index (χ4v) is 1.28. The predicted molar refractivity (Wildman–Crippen MR) is 60.4 cm³/mol. The van der Waals surface area contributed by atoms with E-state index in [1.807, 2.05) is 0 Å². The molecule has 0 saturated carbocycles. The van der Waals surface area contributed by atoms with Crippen molar-refractivity contribution in [3.63, 3.8) is 0 Å². The molecule has 0 aliphatic heterocycles. The summed E-state index contributed by atoms with van der Waals surface area (Å²) < 4.78 is 14.0. The summed E-state index contributed by atoms with van der Waals surface area (Å²) in [6.07, 6.45) is 2.71. The Balaban J connectivity index is 2.26. The molecule has 1 heterocycles. The maximum absolute atomic E-state index is 12.9. The summed E-state index contributed by atoms with van der Waals surface area (Å²) in [5.74, 6) is -0.860. The number of rotatable bonds is 1. The standard InChI is InChI=1S/C10H10FN5O/c11-7-2-1-3-9(4-7)16(17)10(13)15-6-8(12)5-14-15/h1-6,13,17H,12H2. The van der Waals surface area contributed by atoms with Gasteiger partial charge in [-0.15, -0.1) is 0 Å². The van der Waals surface area contributed by atoms with Gasteiger partial charge in [-0.3, -0.25) is 10.6 Å². The van der Waals surface area contributed by atoms with Crippen LogP contribution in [-0.4, -0.2) is 20.9 Å². The van der Waals surface area contributed by atoms with E-state index in [0.29, 0.717) is 10.8 Å². The van der Waals surface area contributed by atoms with Gasteiger partial charge in [0.2, 0.25) is 5.96 Å². The monoisotopic (exact) mass is 235 g/mol. The Morgan fingerprint density at radius 2 is 2.29 bits per heavy atom. The van der Waals surface area contributed by atoms with Crippen LogP contribution in [0.5, 0.6) is 0 Å². The van der Waals surface area contributed by atoms with Gasteiger partial charge in [0.05, 0.1) is 23.8 Å². The summed E-state index contributed by atoms with van der Waals surface area (Å²) in [5, 5.41) is 21.6. The highest BCUT2D eigenvalue weighted by atomic mass is 19.1. The molecule has 2 aromatic rings. The third kappa shape index (κ3) is 2.23. The van der Waals surface area contributed by atoms with Gasteiger partial charge in [-0.25, -0.2) is 9.07 Å². The summed E-state index contributed by atoms with van der Waals surface area (Å²) in [4.78, 5) is 0. The highest BCUT2D eigenvalue weighted by Gasteiger charge is 2.12. The van der Waals surface area contributed by atoms with Crippen LogP contribution in [0.15, 0.2) is 36.7 Å².